The molecule has 2 aromatic rings. The van der Waals surface area contributed by atoms with Crippen LogP contribution in [0.1, 0.15) is 58.2 Å². The summed E-state index contributed by atoms with van der Waals surface area (Å²) >= 11 is 0. The van der Waals surface area contributed by atoms with E-state index in [1.807, 2.05) is 28.8 Å². The van der Waals surface area contributed by atoms with E-state index in [-0.39, 0.29) is 5.56 Å². The van der Waals surface area contributed by atoms with Gasteiger partial charge in [0.15, 0.2) is 0 Å². The fourth-order valence-corrected chi connectivity index (χ4v) is 2.69. The predicted molar refractivity (Wildman–Crippen MR) is 88.8 cm³/mol. The first-order chi connectivity index (χ1) is 10.3. The largest absolute Gasteiger partial charge is 0.296 e. The second kappa shape index (κ2) is 7.96. The molecule has 0 spiro atoms. The molecule has 1 aromatic heterocycles. The maximum Gasteiger partial charge on any atom is 0.261 e. The summed E-state index contributed by atoms with van der Waals surface area (Å²) in [5.41, 5.74) is 0.962. The summed E-state index contributed by atoms with van der Waals surface area (Å²) in [4.78, 5) is 17.4. The molecular formula is C18H26N2O. The number of benzene rings is 1. The van der Waals surface area contributed by atoms with Gasteiger partial charge in [0.05, 0.1) is 10.9 Å². The molecule has 0 aliphatic carbocycles. The smallest absolute Gasteiger partial charge is 0.261 e. The maximum absolute atomic E-state index is 12.7. The van der Waals surface area contributed by atoms with E-state index in [1.165, 1.54) is 19.3 Å². The van der Waals surface area contributed by atoms with Crippen molar-refractivity contribution in [2.75, 3.05) is 0 Å². The molecule has 0 aliphatic heterocycles. The molecule has 0 saturated heterocycles. The lowest BCUT2D eigenvalue weighted by molar-refractivity contribution is 0.547. The molecule has 3 heteroatoms. The summed E-state index contributed by atoms with van der Waals surface area (Å²) in [5, 5.41) is 0.744. The Morgan fingerprint density at radius 2 is 1.71 bits per heavy atom. The zero-order valence-corrected chi connectivity index (χ0v) is 13.3. The summed E-state index contributed by atoms with van der Waals surface area (Å²) in [5.74, 6) is 0.961. The number of rotatable bonds is 8. The number of nitrogens with zero attached hydrogens (tertiary/aromatic N) is 2. The van der Waals surface area contributed by atoms with E-state index in [0.717, 1.165) is 49.0 Å². The second-order valence-electron chi connectivity index (χ2n) is 5.67. The third-order valence-corrected chi connectivity index (χ3v) is 3.93. The Hall–Kier alpha value is -1.64. The van der Waals surface area contributed by atoms with E-state index in [2.05, 4.69) is 13.8 Å². The minimum Gasteiger partial charge on any atom is -0.296 e. The zero-order valence-electron chi connectivity index (χ0n) is 13.3. The molecule has 21 heavy (non-hydrogen) atoms. The van der Waals surface area contributed by atoms with Gasteiger partial charge in [-0.15, -0.1) is 0 Å². The van der Waals surface area contributed by atoms with Crippen LogP contribution in [-0.4, -0.2) is 9.55 Å². The molecule has 114 valence electrons. The average molecular weight is 286 g/mol. The van der Waals surface area contributed by atoms with Crippen LogP contribution in [-0.2, 0) is 13.0 Å². The normalized spacial score (nSPS) is 11.1. The Bertz CT molecular complexity index is 631. The highest BCUT2D eigenvalue weighted by Crippen LogP contribution is 2.11. The van der Waals surface area contributed by atoms with Crippen molar-refractivity contribution in [2.24, 2.45) is 0 Å². The lowest BCUT2D eigenvalue weighted by Crippen LogP contribution is -2.25. The summed E-state index contributed by atoms with van der Waals surface area (Å²) in [6, 6.07) is 7.69. The standard InChI is InChI=1S/C18H26N2O/c1-3-5-7-13-17-19-16-12-9-8-11-15(16)18(21)20(17)14-10-6-4-2/h8-9,11-12H,3-7,10,13-14H2,1-2H3. The monoisotopic (exact) mass is 286 g/mol. The molecule has 0 N–H and O–H groups in total. The molecule has 2 rings (SSSR count). The molecule has 0 saturated carbocycles. The molecular weight excluding hydrogens is 260 g/mol. The summed E-state index contributed by atoms with van der Waals surface area (Å²) in [7, 11) is 0. The van der Waals surface area contributed by atoms with Crippen LogP contribution >= 0.6 is 0 Å². The highest BCUT2D eigenvalue weighted by atomic mass is 16.1. The lowest BCUT2D eigenvalue weighted by Gasteiger charge is -2.13. The number of hydrogen-bond acceptors (Lipinski definition) is 2. The van der Waals surface area contributed by atoms with E-state index >= 15 is 0 Å². The van der Waals surface area contributed by atoms with Crippen LogP contribution in [0.3, 0.4) is 0 Å². The minimum absolute atomic E-state index is 0.128. The van der Waals surface area contributed by atoms with Crippen molar-refractivity contribution in [3.8, 4) is 0 Å². The third kappa shape index (κ3) is 3.93. The van der Waals surface area contributed by atoms with Crippen LogP contribution < -0.4 is 5.56 Å². The van der Waals surface area contributed by atoms with Crippen molar-refractivity contribution in [1.29, 1.82) is 0 Å². The third-order valence-electron chi connectivity index (χ3n) is 3.93. The molecule has 0 unspecified atom stereocenters. The molecule has 0 aliphatic rings. The highest BCUT2D eigenvalue weighted by Gasteiger charge is 2.10. The van der Waals surface area contributed by atoms with Gasteiger partial charge in [0.25, 0.3) is 5.56 Å². The SMILES string of the molecule is CCCCCc1nc2ccccc2c(=O)n1CCCCC. The highest BCUT2D eigenvalue weighted by molar-refractivity contribution is 5.77. The number of aryl methyl sites for hydroxylation is 1. The van der Waals surface area contributed by atoms with Gasteiger partial charge < -0.3 is 0 Å². The quantitative estimate of drug-likeness (QED) is 0.677. The van der Waals surface area contributed by atoms with Gasteiger partial charge in [-0.25, -0.2) is 4.98 Å². The topological polar surface area (TPSA) is 34.9 Å². The van der Waals surface area contributed by atoms with Gasteiger partial charge in [0, 0.05) is 13.0 Å². The van der Waals surface area contributed by atoms with Gasteiger partial charge in [-0.05, 0) is 25.0 Å². The van der Waals surface area contributed by atoms with Gasteiger partial charge in [-0.2, -0.15) is 0 Å². The van der Waals surface area contributed by atoms with Crippen LogP contribution in [0.25, 0.3) is 10.9 Å². The number of fused-ring (bicyclic) bond motifs is 1. The van der Waals surface area contributed by atoms with Gasteiger partial charge >= 0.3 is 0 Å². The first kappa shape index (κ1) is 15.7. The Morgan fingerprint density at radius 1 is 1.00 bits per heavy atom. The number of aromatic nitrogens is 2. The van der Waals surface area contributed by atoms with Crippen LogP contribution in [0.15, 0.2) is 29.1 Å². The van der Waals surface area contributed by atoms with Crippen molar-refractivity contribution >= 4 is 10.9 Å². The molecule has 0 amide bonds. The van der Waals surface area contributed by atoms with E-state index in [1.54, 1.807) is 0 Å². The lowest BCUT2D eigenvalue weighted by atomic mass is 10.1. The molecule has 1 heterocycles. The summed E-state index contributed by atoms with van der Waals surface area (Å²) < 4.78 is 1.91. The Labute approximate surface area is 127 Å². The Morgan fingerprint density at radius 3 is 2.48 bits per heavy atom. The summed E-state index contributed by atoms with van der Waals surface area (Å²) in [6.07, 6.45) is 7.77. The zero-order chi connectivity index (χ0) is 15.1. The molecule has 0 bridgehead atoms. The molecule has 3 nitrogen and oxygen atoms in total. The fourth-order valence-electron chi connectivity index (χ4n) is 2.69. The number of hydrogen-bond donors (Lipinski definition) is 0. The van der Waals surface area contributed by atoms with Crippen LogP contribution in [0.2, 0.25) is 0 Å². The molecule has 0 radical (unpaired) electrons. The van der Waals surface area contributed by atoms with Crippen LogP contribution in [0, 0.1) is 0 Å². The maximum atomic E-state index is 12.7. The van der Waals surface area contributed by atoms with Crippen molar-refractivity contribution in [3.63, 3.8) is 0 Å². The first-order valence-electron chi connectivity index (χ1n) is 8.26. The van der Waals surface area contributed by atoms with Gasteiger partial charge in [0.1, 0.15) is 5.82 Å². The Balaban J connectivity index is 2.36. The van der Waals surface area contributed by atoms with Crippen molar-refractivity contribution in [2.45, 2.75) is 65.3 Å². The molecule has 1 aromatic carbocycles. The molecule has 0 fully saturated rings. The van der Waals surface area contributed by atoms with E-state index in [0.29, 0.717) is 0 Å². The average Bonchev–Trinajstić information content (AvgIpc) is 2.50. The second-order valence-corrected chi connectivity index (χ2v) is 5.67. The van der Waals surface area contributed by atoms with Gasteiger partial charge in [-0.3, -0.25) is 9.36 Å². The molecule has 0 atom stereocenters. The van der Waals surface area contributed by atoms with Crippen LogP contribution in [0.4, 0.5) is 0 Å². The van der Waals surface area contributed by atoms with E-state index < -0.39 is 0 Å². The number of para-hydroxylation sites is 1. The van der Waals surface area contributed by atoms with Gasteiger partial charge in [-0.1, -0.05) is 51.7 Å². The number of unbranched alkanes of at least 4 members (excludes halogenated alkanes) is 4. The first-order valence-corrected chi connectivity index (χ1v) is 8.26. The van der Waals surface area contributed by atoms with Crippen LogP contribution in [0.5, 0.6) is 0 Å². The van der Waals surface area contributed by atoms with Crippen molar-refractivity contribution in [1.82, 2.24) is 9.55 Å². The fraction of sp³-hybridized carbons (Fsp3) is 0.556. The van der Waals surface area contributed by atoms with Gasteiger partial charge in [0.2, 0.25) is 0 Å². The minimum atomic E-state index is 0.128. The van der Waals surface area contributed by atoms with Crippen molar-refractivity contribution < 1.29 is 0 Å². The van der Waals surface area contributed by atoms with E-state index in [9.17, 15) is 4.79 Å². The predicted octanol–water partition coefficient (Wildman–Crippen LogP) is 4.32. The van der Waals surface area contributed by atoms with Crippen molar-refractivity contribution in [3.05, 3.63) is 40.4 Å². The summed E-state index contributed by atoms with van der Waals surface area (Å²) in [6.45, 7) is 5.18. The van der Waals surface area contributed by atoms with E-state index in [4.69, 9.17) is 4.98 Å². The Kier molecular flexibility index (Phi) is 5.97.